The van der Waals surface area contributed by atoms with Gasteiger partial charge < -0.3 is 4.52 Å². The van der Waals surface area contributed by atoms with Crippen LogP contribution in [0.15, 0.2) is 34.9 Å². The van der Waals surface area contributed by atoms with E-state index in [1.807, 2.05) is 32.0 Å². The fourth-order valence-electron chi connectivity index (χ4n) is 2.22. The van der Waals surface area contributed by atoms with E-state index in [2.05, 4.69) is 23.4 Å². The van der Waals surface area contributed by atoms with Gasteiger partial charge in [-0.3, -0.25) is 0 Å². The quantitative estimate of drug-likeness (QED) is 0.821. The highest BCUT2D eigenvalue weighted by Crippen LogP contribution is 2.26. The second-order valence-corrected chi connectivity index (χ2v) is 4.44. The molecule has 0 radical (unpaired) electrons. The summed E-state index contributed by atoms with van der Waals surface area (Å²) in [5, 5.41) is 13.2. The van der Waals surface area contributed by atoms with Crippen LogP contribution in [0.1, 0.15) is 34.9 Å². The lowest BCUT2D eigenvalue weighted by Gasteiger charge is -2.08. The average molecular weight is 240 g/mol. The van der Waals surface area contributed by atoms with E-state index in [4.69, 9.17) is 4.52 Å². The maximum Gasteiger partial charge on any atom is 0.138 e. The van der Waals surface area contributed by atoms with E-state index in [-0.39, 0.29) is 5.92 Å². The summed E-state index contributed by atoms with van der Waals surface area (Å²) in [7, 11) is 0. The second-order valence-electron chi connectivity index (χ2n) is 4.44. The molecule has 0 spiro atoms. The summed E-state index contributed by atoms with van der Waals surface area (Å²) in [4.78, 5) is 0. The topological polar surface area (TPSA) is 49.8 Å². The Morgan fingerprint density at radius 1 is 1.28 bits per heavy atom. The largest absolute Gasteiger partial charge is 0.361 e. The first-order valence-electron chi connectivity index (χ1n) is 6.08. The van der Waals surface area contributed by atoms with Gasteiger partial charge in [0.1, 0.15) is 5.76 Å². The molecule has 18 heavy (non-hydrogen) atoms. The maximum atomic E-state index is 9.31. The van der Waals surface area contributed by atoms with Crippen LogP contribution in [0.4, 0.5) is 0 Å². The van der Waals surface area contributed by atoms with Gasteiger partial charge in [-0.15, -0.1) is 0 Å². The van der Waals surface area contributed by atoms with Gasteiger partial charge in [-0.1, -0.05) is 35.5 Å². The molecule has 0 aliphatic heterocycles. The highest BCUT2D eigenvalue weighted by Gasteiger charge is 2.19. The number of rotatable bonds is 4. The van der Waals surface area contributed by atoms with Crippen molar-refractivity contribution in [3.8, 4) is 6.07 Å². The summed E-state index contributed by atoms with van der Waals surface area (Å²) < 4.78 is 5.13. The lowest BCUT2D eigenvalue weighted by molar-refractivity contribution is 0.391. The van der Waals surface area contributed by atoms with Crippen molar-refractivity contribution in [3.63, 3.8) is 0 Å². The standard InChI is InChI=1S/C15H16N2O/c1-11-15(12(2)18-17-11)14(10-16)9-8-13-6-4-3-5-7-13/h3-7,14H,8-9H2,1-2H3. The van der Waals surface area contributed by atoms with Crippen LogP contribution in [0.25, 0.3) is 0 Å². The Labute approximate surface area is 107 Å². The molecule has 1 aromatic carbocycles. The zero-order chi connectivity index (χ0) is 13.0. The van der Waals surface area contributed by atoms with Crippen LogP contribution >= 0.6 is 0 Å². The molecule has 0 N–H and O–H groups in total. The van der Waals surface area contributed by atoms with Crippen LogP contribution in [0.5, 0.6) is 0 Å². The molecule has 0 aliphatic rings. The molecule has 92 valence electrons. The van der Waals surface area contributed by atoms with Gasteiger partial charge in [0.15, 0.2) is 0 Å². The monoisotopic (exact) mass is 240 g/mol. The Bertz CT molecular complexity index is 532. The number of hydrogen-bond acceptors (Lipinski definition) is 3. The van der Waals surface area contributed by atoms with E-state index in [1.54, 1.807) is 0 Å². The first kappa shape index (κ1) is 12.4. The van der Waals surface area contributed by atoms with Crippen LogP contribution < -0.4 is 0 Å². The van der Waals surface area contributed by atoms with Gasteiger partial charge >= 0.3 is 0 Å². The minimum Gasteiger partial charge on any atom is -0.361 e. The summed E-state index contributed by atoms with van der Waals surface area (Å²) in [6.45, 7) is 3.75. The molecular weight excluding hydrogens is 224 g/mol. The fourth-order valence-corrected chi connectivity index (χ4v) is 2.22. The lowest BCUT2D eigenvalue weighted by Crippen LogP contribution is -2.01. The Hall–Kier alpha value is -2.08. The number of nitriles is 1. The first-order chi connectivity index (χ1) is 8.72. The molecule has 0 bridgehead atoms. The van der Waals surface area contributed by atoms with Crippen molar-refractivity contribution in [3.05, 3.63) is 52.9 Å². The van der Waals surface area contributed by atoms with Crippen LogP contribution in [0.2, 0.25) is 0 Å². The van der Waals surface area contributed by atoms with Gasteiger partial charge in [0, 0.05) is 5.56 Å². The van der Waals surface area contributed by atoms with Gasteiger partial charge in [0.25, 0.3) is 0 Å². The van der Waals surface area contributed by atoms with Crippen LogP contribution in [0, 0.1) is 25.2 Å². The summed E-state index contributed by atoms with van der Waals surface area (Å²) in [5.74, 6) is 0.614. The molecule has 0 fully saturated rings. The minimum absolute atomic E-state index is 0.142. The number of benzene rings is 1. The van der Waals surface area contributed by atoms with Crippen molar-refractivity contribution < 1.29 is 4.52 Å². The zero-order valence-electron chi connectivity index (χ0n) is 10.7. The smallest absolute Gasteiger partial charge is 0.138 e. The number of nitrogens with zero attached hydrogens (tertiary/aromatic N) is 2. The van der Waals surface area contributed by atoms with Crippen molar-refractivity contribution in [2.75, 3.05) is 0 Å². The Morgan fingerprint density at radius 2 is 2.00 bits per heavy atom. The van der Waals surface area contributed by atoms with Crippen molar-refractivity contribution >= 4 is 0 Å². The van der Waals surface area contributed by atoms with E-state index in [0.717, 1.165) is 29.9 Å². The normalized spacial score (nSPS) is 12.1. The molecule has 2 rings (SSSR count). The number of aromatic nitrogens is 1. The lowest BCUT2D eigenvalue weighted by atomic mass is 9.92. The summed E-state index contributed by atoms with van der Waals surface area (Å²) >= 11 is 0. The maximum absolute atomic E-state index is 9.31. The molecule has 2 aromatic rings. The van der Waals surface area contributed by atoms with E-state index in [0.29, 0.717) is 0 Å². The molecule has 1 heterocycles. The van der Waals surface area contributed by atoms with Crippen LogP contribution in [-0.2, 0) is 6.42 Å². The molecule has 1 unspecified atom stereocenters. The number of hydrogen-bond donors (Lipinski definition) is 0. The average Bonchev–Trinajstić information content (AvgIpc) is 2.73. The highest BCUT2D eigenvalue weighted by molar-refractivity contribution is 5.30. The van der Waals surface area contributed by atoms with Crippen molar-refractivity contribution in [2.45, 2.75) is 32.6 Å². The van der Waals surface area contributed by atoms with Gasteiger partial charge in [-0.05, 0) is 32.3 Å². The molecule has 0 amide bonds. The SMILES string of the molecule is Cc1noc(C)c1C(C#N)CCc1ccccc1. The summed E-state index contributed by atoms with van der Waals surface area (Å²) in [6, 6.07) is 12.6. The zero-order valence-corrected chi connectivity index (χ0v) is 10.7. The molecule has 3 heteroatoms. The molecule has 0 saturated heterocycles. The van der Waals surface area contributed by atoms with Crippen molar-refractivity contribution in [1.82, 2.24) is 5.16 Å². The van der Waals surface area contributed by atoms with E-state index in [1.165, 1.54) is 5.56 Å². The first-order valence-corrected chi connectivity index (χ1v) is 6.08. The third-order valence-electron chi connectivity index (χ3n) is 3.16. The summed E-state index contributed by atoms with van der Waals surface area (Å²) in [6.07, 6.45) is 1.69. The van der Waals surface area contributed by atoms with E-state index < -0.39 is 0 Å². The van der Waals surface area contributed by atoms with Gasteiger partial charge in [-0.25, -0.2) is 0 Å². The van der Waals surface area contributed by atoms with Crippen molar-refractivity contribution in [1.29, 1.82) is 5.26 Å². The highest BCUT2D eigenvalue weighted by atomic mass is 16.5. The minimum atomic E-state index is -0.142. The van der Waals surface area contributed by atoms with Gasteiger partial charge in [-0.2, -0.15) is 5.26 Å². The predicted molar refractivity (Wildman–Crippen MR) is 69.1 cm³/mol. The van der Waals surface area contributed by atoms with Gasteiger partial charge in [0.05, 0.1) is 17.7 Å². The molecule has 0 aliphatic carbocycles. The van der Waals surface area contributed by atoms with Crippen LogP contribution in [0.3, 0.4) is 0 Å². The van der Waals surface area contributed by atoms with Crippen molar-refractivity contribution in [2.24, 2.45) is 0 Å². The van der Waals surface area contributed by atoms with E-state index in [9.17, 15) is 5.26 Å². The Kier molecular flexibility index (Phi) is 3.78. The molecular formula is C15H16N2O. The number of aryl methyl sites for hydroxylation is 3. The van der Waals surface area contributed by atoms with E-state index >= 15 is 0 Å². The third kappa shape index (κ3) is 2.60. The second kappa shape index (κ2) is 5.50. The molecule has 1 atom stereocenters. The summed E-state index contributed by atoms with van der Waals surface area (Å²) in [5.41, 5.74) is 3.03. The third-order valence-corrected chi connectivity index (χ3v) is 3.16. The Morgan fingerprint density at radius 3 is 2.56 bits per heavy atom. The fraction of sp³-hybridized carbons (Fsp3) is 0.333. The molecule has 1 aromatic heterocycles. The van der Waals surface area contributed by atoms with Gasteiger partial charge in [0.2, 0.25) is 0 Å². The molecule has 3 nitrogen and oxygen atoms in total. The predicted octanol–water partition coefficient (Wildman–Crippen LogP) is 3.53. The van der Waals surface area contributed by atoms with Crippen LogP contribution in [-0.4, -0.2) is 5.16 Å². The molecule has 0 saturated carbocycles. The Balaban J connectivity index is 2.10.